The fourth-order valence-electron chi connectivity index (χ4n) is 6.79. The number of carboxylic acid groups (broad SMARTS) is 1. The first-order valence-corrected chi connectivity index (χ1v) is 23.5. The predicted molar refractivity (Wildman–Crippen MR) is 243 cm³/mol. The van der Waals surface area contributed by atoms with Gasteiger partial charge in [0.05, 0.1) is 13.2 Å². The van der Waals surface area contributed by atoms with Crippen molar-refractivity contribution in [2.24, 2.45) is 16.6 Å². The van der Waals surface area contributed by atoms with Crippen LogP contribution in [-0.4, -0.2) is 55.0 Å². The summed E-state index contributed by atoms with van der Waals surface area (Å²) in [6.07, 6.45) is 43.5. The number of carboxylic acids is 1. The fourth-order valence-corrected chi connectivity index (χ4v) is 6.79. The fraction of sp³-hybridized carbons (Fsp3) is 0.720. The highest BCUT2D eigenvalue weighted by molar-refractivity contribution is 5.79. The van der Waals surface area contributed by atoms with Crippen molar-refractivity contribution in [2.45, 2.75) is 206 Å². The molecule has 3 N–H and O–H groups in total. The molecule has 0 heterocycles. The molecule has 0 saturated heterocycles. The number of carbonyl (C=O) groups excluding carboxylic acids is 2. The molecule has 1 rings (SSSR count). The lowest BCUT2D eigenvalue weighted by Gasteiger charge is -2.15. The Hall–Kier alpha value is -3.26. The zero-order valence-corrected chi connectivity index (χ0v) is 37.0. The molecule has 1 unspecified atom stereocenters. The van der Waals surface area contributed by atoms with Gasteiger partial charge in [0.15, 0.2) is 0 Å². The lowest BCUT2D eigenvalue weighted by Crippen LogP contribution is -2.32. The van der Waals surface area contributed by atoms with E-state index in [1.165, 1.54) is 116 Å². The Kier molecular flexibility index (Phi) is 35.7. The molecule has 58 heavy (non-hydrogen) atoms. The number of esters is 2. The number of unbranched alkanes of at least 4 members (excludes halogenated alkanes) is 22. The number of ether oxygens (including phenoxy) is 2. The quantitative estimate of drug-likeness (QED) is 0.0292. The van der Waals surface area contributed by atoms with Gasteiger partial charge in [0.1, 0.15) is 6.04 Å². The third-order valence-corrected chi connectivity index (χ3v) is 10.6. The van der Waals surface area contributed by atoms with Crippen LogP contribution >= 0.6 is 0 Å². The minimum Gasteiger partial charge on any atom is -0.480 e. The van der Waals surface area contributed by atoms with E-state index in [2.05, 4.69) is 43.1 Å². The third-order valence-electron chi connectivity index (χ3n) is 10.6. The van der Waals surface area contributed by atoms with Crippen molar-refractivity contribution < 1.29 is 29.0 Å². The van der Waals surface area contributed by atoms with Crippen LogP contribution in [0, 0.1) is 5.92 Å². The van der Waals surface area contributed by atoms with E-state index in [0.29, 0.717) is 19.4 Å². The average Bonchev–Trinajstić information content (AvgIpc) is 3.22. The van der Waals surface area contributed by atoms with Gasteiger partial charge in [-0.2, -0.15) is 0 Å². The lowest BCUT2D eigenvalue weighted by atomic mass is 10.1. The first kappa shape index (κ1) is 52.8. The molecule has 0 saturated carbocycles. The van der Waals surface area contributed by atoms with E-state index >= 15 is 0 Å². The number of hydrogen-bond donors (Lipinski definition) is 2. The molecule has 1 atom stereocenters. The van der Waals surface area contributed by atoms with Crippen molar-refractivity contribution in [3.05, 3.63) is 59.7 Å². The van der Waals surface area contributed by atoms with Gasteiger partial charge in [-0.1, -0.05) is 165 Å². The van der Waals surface area contributed by atoms with Crippen molar-refractivity contribution in [3.8, 4) is 0 Å². The number of nitrogens with two attached hydrogens (primary N) is 1. The summed E-state index contributed by atoms with van der Waals surface area (Å²) in [7, 11) is 0. The summed E-state index contributed by atoms with van der Waals surface area (Å²) in [5.41, 5.74) is 7.35. The molecule has 8 nitrogen and oxygen atoms in total. The van der Waals surface area contributed by atoms with Crippen LogP contribution in [0.1, 0.15) is 205 Å². The Morgan fingerprint density at radius 1 is 0.586 bits per heavy atom. The number of aliphatic imine (C=N–C) groups is 1. The molecule has 0 aliphatic heterocycles. The highest BCUT2D eigenvalue weighted by Crippen LogP contribution is 2.14. The number of allylic oxidation sites excluding steroid dienone is 4. The summed E-state index contributed by atoms with van der Waals surface area (Å²) in [4.78, 5) is 40.9. The molecule has 0 aliphatic carbocycles. The molecule has 8 heteroatoms. The second-order valence-electron chi connectivity index (χ2n) is 16.3. The Balaban J connectivity index is 2.37. The Labute approximate surface area is 354 Å². The maximum absolute atomic E-state index is 12.6. The van der Waals surface area contributed by atoms with Gasteiger partial charge in [0, 0.05) is 31.5 Å². The van der Waals surface area contributed by atoms with Crippen LogP contribution in [0.15, 0.2) is 53.6 Å². The van der Waals surface area contributed by atoms with E-state index in [4.69, 9.17) is 20.3 Å². The van der Waals surface area contributed by atoms with Gasteiger partial charge in [0.2, 0.25) is 0 Å². The Morgan fingerprint density at radius 3 is 1.36 bits per heavy atom. The van der Waals surface area contributed by atoms with E-state index in [-0.39, 0.29) is 37.5 Å². The second kappa shape index (κ2) is 39.2. The summed E-state index contributed by atoms with van der Waals surface area (Å²) >= 11 is 0. The Morgan fingerprint density at radius 2 is 0.966 bits per heavy atom. The van der Waals surface area contributed by atoms with Gasteiger partial charge in [-0.25, -0.2) is 0 Å². The maximum atomic E-state index is 12.6. The smallest absolute Gasteiger partial charge is 0.320 e. The van der Waals surface area contributed by atoms with Crippen LogP contribution in [0.5, 0.6) is 0 Å². The number of carbonyl (C=O) groups is 3. The van der Waals surface area contributed by atoms with E-state index in [9.17, 15) is 14.4 Å². The van der Waals surface area contributed by atoms with Gasteiger partial charge in [0.25, 0.3) is 0 Å². The summed E-state index contributed by atoms with van der Waals surface area (Å²) in [6.45, 7) is 5.15. The van der Waals surface area contributed by atoms with E-state index in [1.54, 1.807) is 6.21 Å². The standard InChI is InChI=1S/C50H84N2O6/c1-3-5-7-9-11-13-15-17-19-21-23-25-27-29-31-33-48(53)57-42-46(41-52-40-45-37-35-44(36-38-45)39-47(51)50(55)56)43-58-49(54)34-32-30-28-26-24-22-20-18-16-14-12-10-8-6-4-2/h17-20,35-38,40,46-47H,3-16,21-34,39,41-43,51H2,1-2H3,(H,55,56)/b19-17+,20-18+,52-40?. The van der Waals surface area contributed by atoms with Gasteiger partial charge in [-0.3, -0.25) is 19.4 Å². The van der Waals surface area contributed by atoms with Gasteiger partial charge >= 0.3 is 17.9 Å². The number of rotatable bonds is 40. The summed E-state index contributed by atoms with van der Waals surface area (Å²) < 4.78 is 11.3. The van der Waals surface area contributed by atoms with Crippen LogP contribution in [0.2, 0.25) is 0 Å². The molecule has 0 spiro atoms. The highest BCUT2D eigenvalue weighted by atomic mass is 16.5. The third kappa shape index (κ3) is 33.7. The maximum Gasteiger partial charge on any atom is 0.320 e. The molecule has 0 bridgehead atoms. The molecule has 1 aromatic carbocycles. The molecular weight excluding hydrogens is 725 g/mol. The molecule has 330 valence electrons. The average molecular weight is 809 g/mol. The monoisotopic (exact) mass is 809 g/mol. The molecule has 0 radical (unpaired) electrons. The number of nitrogens with zero attached hydrogens (tertiary/aromatic N) is 1. The Bertz CT molecular complexity index is 1170. The zero-order chi connectivity index (χ0) is 42.2. The SMILES string of the molecule is CCCCCCCC/C=C/CCCCCCCC(=O)OCC(CN=Cc1ccc(CC(N)C(=O)O)cc1)COC(=O)CCCCCCC/C=C/CCCCCCCC. The van der Waals surface area contributed by atoms with E-state index < -0.39 is 12.0 Å². The predicted octanol–water partition coefficient (Wildman–Crippen LogP) is 12.8. The van der Waals surface area contributed by atoms with Crippen LogP contribution in [0.3, 0.4) is 0 Å². The van der Waals surface area contributed by atoms with Gasteiger partial charge in [-0.05, 0) is 81.8 Å². The van der Waals surface area contributed by atoms with Crippen LogP contribution < -0.4 is 5.73 Å². The van der Waals surface area contributed by atoms with Crippen molar-refractivity contribution in [3.63, 3.8) is 0 Å². The van der Waals surface area contributed by atoms with Crippen molar-refractivity contribution in [2.75, 3.05) is 19.8 Å². The van der Waals surface area contributed by atoms with Crippen LogP contribution in [0.4, 0.5) is 0 Å². The first-order chi connectivity index (χ1) is 28.3. The normalized spacial score (nSPS) is 12.3. The van der Waals surface area contributed by atoms with Crippen LogP contribution in [-0.2, 0) is 30.3 Å². The van der Waals surface area contributed by atoms with Crippen molar-refractivity contribution in [1.29, 1.82) is 0 Å². The molecule has 1 aromatic rings. The van der Waals surface area contributed by atoms with E-state index in [0.717, 1.165) is 62.5 Å². The molecule has 0 aromatic heterocycles. The topological polar surface area (TPSA) is 128 Å². The minimum absolute atomic E-state index is 0.147. The number of hydrogen-bond acceptors (Lipinski definition) is 7. The zero-order valence-electron chi connectivity index (χ0n) is 37.0. The molecular formula is C50H84N2O6. The van der Waals surface area contributed by atoms with Gasteiger partial charge in [-0.15, -0.1) is 0 Å². The molecule has 0 fully saturated rings. The van der Waals surface area contributed by atoms with Crippen molar-refractivity contribution >= 4 is 24.1 Å². The highest BCUT2D eigenvalue weighted by Gasteiger charge is 2.15. The molecule has 0 aliphatic rings. The summed E-state index contributed by atoms with van der Waals surface area (Å²) in [5.74, 6) is -1.72. The number of aliphatic carboxylic acids is 1. The van der Waals surface area contributed by atoms with Crippen LogP contribution in [0.25, 0.3) is 0 Å². The number of benzene rings is 1. The van der Waals surface area contributed by atoms with Crippen molar-refractivity contribution in [1.82, 2.24) is 0 Å². The van der Waals surface area contributed by atoms with E-state index in [1.807, 2.05) is 24.3 Å². The first-order valence-electron chi connectivity index (χ1n) is 23.5. The van der Waals surface area contributed by atoms with Gasteiger partial charge < -0.3 is 20.3 Å². The second-order valence-corrected chi connectivity index (χ2v) is 16.3. The lowest BCUT2D eigenvalue weighted by molar-refractivity contribution is -0.149. The summed E-state index contributed by atoms with van der Waals surface area (Å²) in [6, 6.07) is 6.47. The largest absolute Gasteiger partial charge is 0.480 e. The summed E-state index contributed by atoms with van der Waals surface area (Å²) in [5, 5.41) is 9.08. The molecule has 0 amide bonds. The minimum atomic E-state index is -1.03.